The SMILES string of the molecule is Fc1ccc(-c2nc(-c3ccc4cc(C(F)F)cnc4c3)co2)cc1. The molecule has 0 N–H and O–H groups in total. The lowest BCUT2D eigenvalue weighted by Gasteiger charge is -2.03. The molecule has 25 heavy (non-hydrogen) atoms. The van der Waals surface area contributed by atoms with E-state index in [-0.39, 0.29) is 11.4 Å². The molecule has 0 saturated carbocycles. The van der Waals surface area contributed by atoms with Crippen LogP contribution in [0.1, 0.15) is 12.0 Å². The molecule has 0 saturated heterocycles. The van der Waals surface area contributed by atoms with Gasteiger partial charge in [0.05, 0.1) is 5.52 Å². The van der Waals surface area contributed by atoms with Gasteiger partial charge in [-0.2, -0.15) is 0 Å². The van der Waals surface area contributed by atoms with Crippen LogP contribution in [0.4, 0.5) is 13.2 Å². The van der Waals surface area contributed by atoms with E-state index in [1.54, 1.807) is 30.3 Å². The van der Waals surface area contributed by atoms with Crippen LogP contribution in [0.15, 0.2) is 65.4 Å². The molecule has 2 aromatic heterocycles. The van der Waals surface area contributed by atoms with Crippen molar-refractivity contribution in [1.29, 1.82) is 0 Å². The molecule has 0 radical (unpaired) electrons. The van der Waals surface area contributed by atoms with Crippen LogP contribution in [0.5, 0.6) is 0 Å². The first-order valence-corrected chi connectivity index (χ1v) is 7.50. The van der Waals surface area contributed by atoms with Gasteiger partial charge in [-0.25, -0.2) is 18.2 Å². The van der Waals surface area contributed by atoms with Crippen LogP contribution in [-0.4, -0.2) is 9.97 Å². The number of pyridine rings is 1. The molecule has 0 atom stereocenters. The highest BCUT2D eigenvalue weighted by Gasteiger charge is 2.11. The Morgan fingerprint density at radius 1 is 0.920 bits per heavy atom. The molecule has 2 heterocycles. The Morgan fingerprint density at radius 2 is 1.68 bits per heavy atom. The minimum atomic E-state index is -2.55. The molecular formula is C19H11F3N2O. The first kappa shape index (κ1) is 15.4. The third kappa shape index (κ3) is 2.98. The van der Waals surface area contributed by atoms with Crippen LogP contribution < -0.4 is 0 Å². The maximum absolute atomic E-state index is 13.0. The lowest BCUT2D eigenvalue weighted by atomic mass is 10.1. The van der Waals surface area contributed by atoms with Crippen molar-refractivity contribution in [1.82, 2.24) is 9.97 Å². The minimum absolute atomic E-state index is 0.111. The average Bonchev–Trinajstić information content (AvgIpc) is 3.11. The predicted molar refractivity (Wildman–Crippen MR) is 87.6 cm³/mol. The number of nitrogens with zero attached hydrogens (tertiary/aromatic N) is 2. The molecule has 0 aliphatic heterocycles. The summed E-state index contributed by atoms with van der Waals surface area (Å²) in [6.45, 7) is 0. The number of benzene rings is 2. The number of alkyl halides is 2. The van der Waals surface area contributed by atoms with E-state index < -0.39 is 6.43 Å². The zero-order valence-corrected chi connectivity index (χ0v) is 12.8. The molecule has 4 aromatic rings. The second kappa shape index (κ2) is 6.05. The van der Waals surface area contributed by atoms with Gasteiger partial charge in [-0.3, -0.25) is 4.98 Å². The number of oxazole rings is 1. The normalized spacial score (nSPS) is 11.4. The van der Waals surface area contributed by atoms with E-state index in [1.165, 1.54) is 30.7 Å². The molecule has 0 unspecified atom stereocenters. The highest BCUT2D eigenvalue weighted by molar-refractivity contribution is 5.84. The molecule has 0 spiro atoms. The molecule has 2 aromatic carbocycles. The Kier molecular flexibility index (Phi) is 3.72. The second-order valence-electron chi connectivity index (χ2n) is 5.52. The van der Waals surface area contributed by atoms with Crippen molar-refractivity contribution in [2.24, 2.45) is 0 Å². The van der Waals surface area contributed by atoms with Crippen LogP contribution in [0, 0.1) is 5.82 Å². The van der Waals surface area contributed by atoms with Crippen LogP contribution in [0.25, 0.3) is 33.6 Å². The summed E-state index contributed by atoms with van der Waals surface area (Å²) in [5, 5.41) is 0.629. The second-order valence-corrected chi connectivity index (χ2v) is 5.52. The van der Waals surface area contributed by atoms with Gasteiger partial charge in [0.2, 0.25) is 5.89 Å². The van der Waals surface area contributed by atoms with E-state index in [0.717, 1.165) is 5.56 Å². The molecule has 4 rings (SSSR count). The fraction of sp³-hybridized carbons (Fsp3) is 0.0526. The van der Waals surface area contributed by atoms with Crippen molar-refractivity contribution in [2.75, 3.05) is 0 Å². The monoisotopic (exact) mass is 340 g/mol. The highest BCUT2D eigenvalue weighted by atomic mass is 19.3. The Bertz CT molecular complexity index is 1040. The maximum Gasteiger partial charge on any atom is 0.265 e. The van der Waals surface area contributed by atoms with Gasteiger partial charge in [0.25, 0.3) is 6.43 Å². The number of hydrogen-bond acceptors (Lipinski definition) is 3. The summed E-state index contributed by atoms with van der Waals surface area (Å²) in [6, 6.07) is 12.5. The van der Waals surface area contributed by atoms with Gasteiger partial charge in [0, 0.05) is 28.3 Å². The van der Waals surface area contributed by atoms with E-state index in [4.69, 9.17) is 4.42 Å². The lowest BCUT2D eigenvalue weighted by Crippen LogP contribution is -1.88. The van der Waals surface area contributed by atoms with Crippen molar-refractivity contribution >= 4 is 10.9 Å². The van der Waals surface area contributed by atoms with Crippen LogP contribution >= 0.6 is 0 Å². The summed E-state index contributed by atoms with van der Waals surface area (Å²) in [5.41, 5.74) is 2.48. The van der Waals surface area contributed by atoms with Gasteiger partial charge in [-0.05, 0) is 36.4 Å². The van der Waals surface area contributed by atoms with E-state index in [1.807, 2.05) is 0 Å². The Morgan fingerprint density at radius 3 is 2.44 bits per heavy atom. The summed E-state index contributed by atoms with van der Waals surface area (Å²) in [4.78, 5) is 8.48. The highest BCUT2D eigenvalue weighted by Crippen LogP contribution is 2.28. The van der Waals surface area contributed by atoms with Crippen LogP contribution in [-0.2, 0) is 0 Å². The van der Waals surface area contributed by atoms with Gasteiger partial charge in [-0.15, -0.1) is 0 Å². The smallest absolute Gasteiger partial charge is 0.265 e. The first-order chi connectivity index (χ1) is 12.1. The molecule has 0 fully saturated rings. The molecule has 124 valence electrons. The van der Waals surface area contributed by atoms with Gasteiger partial charge >= 0.3 is 0 Å². The summed E-state index contributed by atoms with van der Waals surface area (Å²) < 4.78 is 43.9. The zero-order valence-electron chi connectivity index (χ0n) is 12.8. The van der Waals surface area contributed by atoms with E-state index >= 15 is 0 Å². The van der Waals surface area contributed by atoms with Crippen molar-refractivity contribution in [2.45, 2.75) is 6.43 Å². The third-order valence-corrected chi connectivity index (χ3v) is 3.85. The van der Waals surface area contributed by atoms with E-state index in [2.05, 4.69) is 9.97 Å². The zero-order chi connectivity index (χ0) is 17.4. The summed E-state index contributed by atoms with van der Waals surface area (Å²) in [7, 11) is 0. The number of rotatable bonds is 3. The third-order valence-electron chi connectivity index (χ3n) is 3.85. The Hall–Kier alpha value is -3.15. The minimum Gasteiger partial charge on any atom is -0.444 e. The molecule has 6 heteroatoms. The fourth-order valence-corrected chi connectivity index (χ4v) is 2.55. The van der Waals surface area contributed by atoms with Gasteiger partial charge < -0.3 is 4.42 Å². The lowest BCUT2D eigenvalue weighted by molar-refractivity contribution is 0.151. The maximum atomic E-state index is 13.0. The molecule has 0 amide bonds. The largest absolute Gasteiger partial charge is 0.444 e. The topological polar surface area (TPSA) is 38.9 Å². The van der Waals surface area contributed by atoms with Crippen molar-refractivity contribution in [3.63, 3.8) is 0 Å². The predicted octanol–water partition coefficient (Wildman–Crippen LogP) is 5.63. The Labute approximate surface area is 140 Å². The number of halogens is 3. The molecule has 0 aliphatic rings. The first-order valence-electron chi connectivity index (χ1n) is 7.50. The number of fused-ring (bicyclic) bond motifs is 1. The summed E-state index contributed by atoms with van der Waals surface area (Å²) in [6.07, 6.45) is 0.113. The molecule has 0 aliphatic carbocycles. The van der Waals surface area contributed by atoms with Gasteiger partial charge in [0.15, 0.2) is 0 Å². The fourth-order valence-electron chi connectivity index (χ4n) is 2.55. The van der Waals surface area contributed by atoms with Gasteiger partial charge in [-0.1, -0.05) is 12.1 Å². The molecular weight excluding hydrogens is 329 g/mol. The average molecular weight is 340 g/mol. The summed E-state index contributed by atoms with van der Waals surface area (Å²) in [5.74, 6) is 0.0374. The van der Waals surface area contributed by atoms with Crippen molar-refractivity contribution in [3.8, 4) is 22.7 Å². The quantitative estimate of drug-likeness (QED) is 0.485. The van der Waals surface area contributed by atoms with Gasteiger partial charge in [0.1, 0.15) is 17.8 Å². The Balaban J connectivity index is 1.70. The number of hydrogen-bond donors (Lipinski definition) is 0. The molecule has 0 bridgehead atoms. The molecule has 3 nitrogen and oxygen atoms in total. The van der Waals surface area contributed by atoms with Crippen molar-refractivity contribution in [3.05, 3.63) is 72.4 Å². The van der Waals surface area contributed by atoms with E-state index in [9.17, 15) is 13.2 Å². The van der Waals surface area contributed by atoms with Crippen molar-refractivity contribution < 1.29 is 17.6 Å². The standard InChI is InChI=1S/C19H11F3N2O/c20-15-5-3-11(4-6-15)19-24-17(10-25-19)13-2-1-12-7-14(18(21)22)9-23-16(12)8-13/h1-10,18H. The van der Waals surface area contributed by atoms with Crippen LogP contribution in [0.2, 0.25) is 0 Å². The van der Waals surface area contributed by atoms with Crippen LogP contribution in [0.3, 0.4) is 0 Å². The summed E-state index contributed by atoms with van der Waals surface area (Å²) >= 11 is 0. The number of aromatic nitrogens is 2. The van der Waals surface area contributed by atoms with E-state index in [0.29, 0.717) is 28.1 Å².